The molecule has 222 valence electrons. The SMILES string of the molecule is NC(=O)Nc1cc(Nc2nc(Cl)nc(Cl)n2)ccc1N=Nc1ccc(/N=N/c2ccc(S(=O)(=O)O)cc2)cc1S(=O)(=O)O. The third-order valence-corrected chi connectivity index (χ3v) is 7.08. The number of nitrogens with one attached hydrogen (secondary N) is 2. The summed E-state index contributed by atoms with van der Waals surface area (Å²) in [6.45, 7) is 0. The van der Waals surface area contributed by atoms with E-state index in [2.05, 4.69) is 46.0 Å². The monoisotopic (exact) mass is 666 g/mol. The zero-order valence-corrected chi connectivity index (χ0v) is 24.1. The normalized spacial score (nSPS) is 12.1. The van der Waals surface area contributed by atoms with E-state index < -0.39 is 31.2 Å². The molecule has 4 aromatic rings. The van der Waals surface area contributed by atoms with Crippen molar-refractivity contribution in [1.29, 1.82) is 0 Å². The first-order chi connectivity index (χ1) is 20.2. The first-order valence-electron chi connectivity index (χ1n) is 11.2. The maximum atomic E-state index is 12.1. The predicted molar refractivity (Wildman–Crippen MR) is 154 cm³/mol. The first kappa shape index (κ1) is 31.3. The van der Waals surface area contributed by atoms with Crippen LogP contribution in [-0.4, -0.2) is 46.9 Å². The minimum Gasteiger partial charge on any atom is -0.351 e. The lowest BCUT2D eigenvalue weighted by molar-refractivity contribution is 0.259. The van der Waals surface area contributed by atoms with Crippen LogP contribution in [0.15, 0.2) is 90.9 Å². The lowest BCUT2D eigenvalue weighted by Crippen LogP contribution is -2.19. The van der Waals surface area contributed by atoms with Gasteiger partial charge < -0.3 is 16.4 Å². The molecule has 6 N–H and O–H groups in total. The minimum absolute atomic E-state index is 0.00504. The zero-order valence-electron chi connectivity index (χ0n) is 21.0. The maximum absolute atomic E-state index is 12.1. The number of halogens is 2. The van der Waals surface area contributed by atoms with E-state index in [1.165, 1.54) is 42.5 Å². The van der Waals surface area contributed by atoms with Crippen molar-refractivity contribution in [3.05, 3.63) is 71.2 Å². The average molecular weight is 667 g/mol. The Kier molecular flexibility index (Phi) is 9.23. The maximum Gasteiger partial charge on any atom is 0.316 e. The molecular weight excluding hydrogens is 651 g/mol. The molecule has 1 heterocycles. The quantitative estimate of drug-likeness (QED) is 0.106. The van der Waals surface area contributed by atoms with Crippen LogP contribution < -0.4 is 16.4 Å². The number of amides is 2. The molecule has 0 aliphatic carbocycles. The number of nitrogens with two attached hydrogens (primary N) is 1. The molecule has 0 radical (unpaired) electrons. The molecule has 0 aliphatic rings. The van der Waals surface area contributed by atoms with E-state index in [0.29, 0.717) is 5.69 Å². The van der Waals surface area contributed by atoms with Crippen LogP contribution in [0.3, 0.4) is 0 Å². The van der Waals surface area contributed by atoms with Crippen LogP contribution in [0.2, 0.25) is 10.6 Å². The van der Waals surface area contributed by atoms with Crippen LogP contribution in [0.5, 0.6) is 0 Å². The Balaban J connectivity index is 1.63. The molecule has 3 aromatic carbocycles. The molecular formula is C22H16Cl2N10O7S2. The molecule has 4 rings (SSSR count). The highest BCUT2D eigenvalue weighted by molar-refractivity contribution is 7.86. The molecule has 1 aromatic heterocycles. The number of benzene rings is 3. The molecule has 43 heavy (non-hydrogen) atoms. The van der Waals surface area contributed by atoms with E-state index in [1.54, 1.807) is 0 Å². The average Bonchev–Trinajstić information content (AvgIpc) is 2.90. The van der Waals surface area contributed by atoms with Crippen LogP contribution in [0.25, 0.3) is 0 Å². The number of azo groups is 2. The number of hydrogen-bond donors (Lipinski definition) is 5. The molecule has 2 amide bonds. The second-order valence-corrected chi connectivity index (χ2v) is 11.5. The van der Waals surface area contributed by atoms with Crippen molar-refractivity contribution in [1.82, 2.24) is 15.0 Å². The van der Waals surface area contributed by atoms with E-state index >= 15 is 0 Å². The second-order valence-electron chi connectivity index (χ2n) is 8.04. The van der Waals surface area contributed by atoms with Crippen LogP contribution in [0.1, 0.15) is 0 Å². The van der Waals surface area contributed by atoms with E-state index in [4.69, 9.17) is 33.5 Å². The summed E-state index contributed by atoms with van der Waals surface area (Å²) in [4.78, 5) is 21.9. The van der Waals surface area contributed by atoms with Gasteiger partial charge in [-0.2, -0.15) is 42.0 Å². The molecule has 0 saturated heterocycles. The van der Waals surface area contributed by atoms with Crippen LogP contribution in [-0.2, 0) is 20.2 Å². The first-order valence-corrected chi connectivity index (χ1v) is 14.9. The molecule has 0 saturated carbocycles. The Hall–Kier alpha value is -4.66. The number of carbonyl (C=O) groups excluding carboxylic acids is 1. The summed E-state index contributed by atoms with van der Waals surface area (Å²) < 4.78 is 65.3. The van der Waals surface area contributed by atoms with Crippen molar-refractivity contribution in [2.75, 3.05) is 10.6 Å². The van der Waals surface area contributed by atoms with E-state index in [1.807, 2.05) is 0 Å². The number of anilines is 3. The van der Waals surface area contributed by atoms with Gasteiger partial charge in [0.25, 0.3) is 20.2 Å². The largest absolute Gasteiger partial charge is 0.351 e. The third-order valence-electron chi connectivity index (χ3n) is 4.99. The van der Waals surface area contributed by atoms with Gasteiger partial charge in [-0.1, -0.05) is 0 Å². The topological polar surface area (TPSA) is 264 Å². The Morgan fingerprint density at radius 2 is 1.33 bits per heavy atom. The van der Waals surface area contributed by atoms with Gasteiger partial charge in [0, 0.05) is 5.69 Å². The number of aromatic nitrogens is 3. The fourth-order valence-electron chi connectivity index (χ4n) is 3.21. The van der Waals surface area contributed by atoms with Gasteiger partial charge in [0.15, 0.2) is 0 Å². The van der Waals surface area contributed by atoms with Gasteiger partial charge in [-0.15, -0.1) is 10.2 Å². The summed E-state index contributed by atoms with van der Waals surface area (Å²) >= 11 is 11.5. The minimum atomic E-state index is -4.83. The molecule has 0 spiro atoms. The van der Waals surface area contributed by atoms with Gasteiger partial charge in [-0.3, -0.25) is 9.11 Å². The Bertz CT molecular complexity index is 1970. The van der Waals surface area contributed by atoms with E-state index in [-0.39, 0.29) is 49.8 Å². The Morgan fingerprint density at radius 1 is 0.744 bits per heavy atom. The summed E-state index contributed by atoms with van der Waals surface area (Å²) in [7, 11) is -9.23. The van der Waals surface area contributed by atoms with Gasteiger partial charge in [0.1, 0.15) is 16.3 Å². The molecule has 0 aliphatic heterocycles. The third kappa shape index (κ3) is 8.67. The number of nitrogens with zero attached hydrogens (tertiary/aromatic N) is 7. The van der Waals surface area contributed by atoms with Crippen LogP contribution in [0.4, 0.5) is 44.9 Å². The van der Waals surface area contributed by atoms with E-state index in [9.17, 15) is 26.2 Å². The summed E-state index contributed by atoms with van der Waals surface area (Å²) in [5, 5.41) is 20.4. The van der Waals surface area contributed by atoms with Crippen molar-refractivity contribution in [2.45, 2.75) is 9.79 Å². The smallest absolute Gasteiger partial charge is 0.316 e. The lowest BCUT2D eigenvalue weighted by Gasteiger charge is -2.10. The number of urea groups is 1. The number of carbonyl (C=O) groups is 1. The zero-order chi connectivity index (χ0) is 31.4. The van der Waals surface area contributed by atoms with Gasteiger partial charge in [-0.25, -0.2) is 4.79 Å². The summed E-state index contributed by atoms with van der Waals surface area (Å²) in [5.41, 5.74) is 5.55. The van der Waals surface area contributed by atoms with E-state index in [0.717, 1.165) is 18.2 Å². The summed E-state index contributed by atoms with van der Waals surface area (Å²) in [5.74, 6) is -0.00504. The van der Waals surface area contributed by atoms with Gasteiger partial charge in [-0.05, 0) is 83.9 Å². The van der Waals surface area contributed by atoms with Gasteiger partial charge in [0.2, 0.25) is 16.5 Å². The van der Waals surface area contributed by atoms with Crippen molar-refractivity contribution < 1.29 is 30.7 Å². The highest BCUT2D eigenvalue weighted by Gasteiger charge is 2.17. The summed E-state index contributed by atoms with van der Waals surface area (Å²) in [6.07, 6.45) is 0. The molecule has 21 heteroatoms. The van der Waals surface area contributed by atoms with Crippen molar-refractivity contribution in [3.8, 4) is 0 Å². The Morgan fingerprint density at radius 3 is 1.93 bits per heavy atom. The van der Waals surface area contributed by atoms with Crippen molar-refractivity contribution in [3.63, 3.8) is 0 Å². The Labute approximate surface area is 252 Å². The van der Waals surface area contributed by atoms with Gasteiger partial charge in [0.05, 0.1) is 22.0 Å². The van der Waals surface area contributed by atoms with Gasteiger partial charge >= 0.3 is 6.03 Å². The highest BCUT2D eigenvalue weighted by atomic mass is 35.5. The highest BCUT2D eigenvalue weighted by Crippen LogP contribution is 2.34. The fourth-order valence-corrected chi connectivity index (χ4v) is 4.69. The number of rotatable bonds is 9. The van der Waals surface area contributed by atoms with Crippen molar-refractivity contribution in [2.24, 2.45) is 26.2 Å². The number of hydrogen-bond acceptors (Lipinski definition) is 13. The van der Waals surface area contributed by atoms with Crippen LogP contribution >= 0.6 is 23.2 Å². The molecule has 0 atom stereocenters. The molecule has 0 fully saturated rings. The predicted octanol–water partition coefficient (Wildman–Crippen LogP) is 5.74. The molecule has 17 nitrogen and oxygen atoms in total. The standard InChI is InChI=1S/C22H16Cl2N10O7S2/c23-19-28-20(24)30-22(29-19)26-12-3-7-15(17(9-12)27-21(25)35)33-34-16-8-4-13(10-18(16)43(39,40)41)32-31-11-1-5-14(6-2-11)42(36,37)38/h1-10H,(H3,25,27,35)(H,36,37,38)(H,39,40,41)(H,26,28,29,30)/b32-31+,34-33?. The fraction of sp³-hybridized carbons (Fsp3) is 0. The lowest BCUT2D eigenvalue weighted by atomic mass is 10.2. The van der Waals surface area contributed by atoms with Crippen LogP contribution in [0, 0.1) is 0 Å². The second kappa shape index (κ2) is 12.7. The summed E-state index contributed by atoms with van der Waals surface area (Å²) in [6, 6.07) is 11.5. The number of primary amides is 1. The molecule has 0 unspecified atom stereocenters. The van der Waals surface area contributed by atoms with Crippen molar-refractivity contribution >= 4 is 89.5 Å². The molecule has 0 bridgehead atoms.